The smallest absolute Gasteiger partial charge is 0.177 e. The third kappa shape index (κ3) is 10.8. The van der Waals surface area contributed by atoms with Crippen LogP contribution in [-0.2, 0) is 17.7 Å². The zero-order chi connectivity index (χ0) is 18.9. The predicted octanol–water partition coefficient (Wildman–Crippen LogP) is 1.95. The maximum absolute atomic E-state index is 9.99. The third-order valence-electron chi connectivity index (χ3n) is 3.12. The Morgan fingerprint density at radius 3 is 2.52 bits per heavy atom. The van der Waals surface area contributed by atoms with E-state index < -0.39 is 6.10 Å². The van der Waals surface area contributed by atoms with Gasteiger partial charge in [-0.05, 0) is 30.1 Å². The van der Waals surface area contributed by atoms with Gasteiger partial charge >= 0.3 is 0 Å². The average Bonchev–Trinajstić information content (AvgIpc) is 2.63. The molecule has 1 rings (SSSR count). The van der Waals surface area contributed by atoms with Gasteiger partial charge in [-0.3, -0.25) is 5.41 Å². The molecule has 1 aromatic heterocycles. The number of nitrogens with two attached hydrogens (primary N) is 1. The van der Waals surface area contributed by atoms with E-state index in [4.69, 9.17) is 10.1 Å². The second kappa shape index (κ2) is 15.1. The minimum Gasteiger partial charge on any atom is -0.498 e. The van der Waals surface area contributed by atoms with E-state index in [1.807, 2.05) is 55.1 Å². The molecule has 0 aliphatic heterocycles. The Morgan fingerprint density at radius 2 is 1.96 bits per heavy atom. The lowest BCUT2D eigenvalue weighted by Gasteiger charge is -2.07. The summed E-state index contributed by atoms with van der Waals surface area (Å²) < 4.78 is 7.29. The van der Waals surface area contributed by atoms with Gasteiger partial charge in [0.1, 0.15) is 12.7 Å². The zero-order valence-electron chi connectivity index (χ0n) is 15.5. The molecule has 0 bridgehead atoms. The van der Waals surface area contributed by atoms with Gasteiger partial charge in [-0.2, -0.15) is 0 Å². The molecule has 0 saturated carbocycles. The van der Waals surface area contributed by atoms with E-state index >= 15 is 0 Å². The van der Waals surface area contributed by atoms with Crippen molar-refractivity contribution in [3.05, 3.63) is 79.4 Å². The second-order valence-corrected chi connectivity index (χ2v) is 5.11. The van der Waals surface area contributed by atoms with Gasteiger partial charge in [-0.1, -0.05) is 26.0 Å². The van der Waals surface area contributed by atoms with Crippen LogP contribution in [0.3, 0.4) is 0 Å². The predicted molar refractivity (Wildman–Crippen MR) is 104 cm³/mol. The highest BCUT2D eigenvalue weighted by atomic mass is 16.5. The number of rotatable bonds is 11. The lowest BCUT2D eigenvalue weighted by atomic mass is 10.2. The third-order valence-corrected chi connectivity index (χ3v) is 3.12. The SMILES string of the molecule is C=CCC(/C=C\OCC(O)C[n+]1ccc(CC=C)cc1)=C/C=[NH2+].CC. The van der Waals surface area contributed by atoms with Crippen LogP contribution in [0, 0.1) is 0 Å². The molecule has 0 saturated heterocycles. The monoisotopic (exact) mass is 344 g/mol. The molecule has 25 heavy (non-hydrogen) atoms. The first-order valence-corrected chi connectivity index (χ1v) is 8.59. The van der Waals surface area contributed by atoms with Crippen molar-refractivity contribution < 1.29 is 19.8 Å². The Hall–Kier alpha value is -2.46. The minimum absolute atomic E-state index is 0.228. The summed E-state index contributed by atoms with van der Waals surface area (Å²) in [6.45, 7) is 12.1. The van der Waals surface area contributed by atoms with Crippen molar-refractivity contribution in [3.8, 4) is 0 Å². The lowest BCUT2D eigenvalue weighted by molar-refractivity contribution is -0.703. The first-order chi connectivity index (χ1) is 12.2. The van der Waals surface area contributed by atoms with Crippen LogP contribution in [0.15, 0.2) is 73.8 Å². The molecule has 0 spiro atoms. The van der Waals surface area contributed by atoms with Crippen LogP contribution in [0.4, 0.5) is 0 Å². The normalized spacial score (nSPS) is 12.0. The quantitative estimate of drug-likeness (QED) is 0.212. The van der Waals surface area contributed by atoms with Crippen LogP contribution in [0.1, 0.15) is 25.8 Å². The Labute approximate surface area is 152 Å². The fourth-order valence-electron chi connectivity index (χ4n) is 1.99. The molecule has 1 aromatic rings. The molecule has 0 aliphatic rings. The molecular weight excluding hydrogens is 312 g/mol. The molecule has 1 unspecified atom stereocenters. The van der Waals surface area contributed by atoms with Crippen LogP contribution >= 0.6 is 0 Å². The summed E-state index contributed by atoms with van der Waals surface area (Å²) in [5.74, 6) is 0. The van der Waals surface area contributed by atoms with Crippen LogP contribution in [-0.4, -0.2) is 24.0 Å². The molecule has 0 aromatic carbocycles. The summed E-state index contributed by atoms with van der Waals surface area (Å²) in [5, 5.41) is 15.4. The second-order valence-electron chi connectivity index (χ2n) is 5.11. The number of aliphatic hydroxyl groups excluding tert-OH is 1. The Kier molecular flexibility index (Phi) is 13.6. The van der Waals surface area contributed by atoms with Gasteiger partial charge in [0.2, 0.25) is 0 Å². The standard InChI is InChI=1S/C19H25N2O2.C2H6/c1-3-5-17(7-11-20)10-14-23-16-19(22)15-21-12-8-18(6-4-2)9-13-21;1-2/h3-4,7-14,19-20,22H,1-2,5-6,15-16H2;1-2H3/q+1;/p+1/b14-10-,17-7-,20-11?;. The van der Waals surface area contributed by atoms with E-state index in [1.165, 1.54) is 11.8 Å². The summed E-state index contributed by atoms with van der Waals surface area (Å²) in [4.78, 5) is 0. The molecule has 0 fully saturated rings. The number of hydrogen-bond acceptors (Lipinski definition) is 2. The number of aliphatic hydroxyl groups is 1. The van der Waals surface area contributed by atoms with Crippen LogP contribution < -0.4 is 9.98 Å². The van der Waals surface area contributed by atoms with Crippen LogP contribution in [0.25, 0.3) is 0 Å². The van der Waals surface area contributed by atoms with Gasteiger partial charge in [0.15, 0.2) is 25.2 Å². The van der Waals surface area contributed by atoms with Gasteiger partial charge in [0, 0.05) is 18.2 Å². The molecule has 4 nitrogen and oxygen atoms in total. The van der Waals surface area contributed by atoms with E-state index in [-0.39, 0.29) is 6.61 Å². The van der Waals surface area contributed by atoms with Crippen molar-refractivity contribution in [1.29, 1.82) is 0 Å². The molecule has 0 amide bonds. The van der Waals surface area contributed by atoms with E-state index in [2.05, 4.69) is 13.2 Å². The summed E-state index contributed by atoms with van der Waals surface area (Å²) >= 11 is 0. The largest absolute Gasteiger partial charge is 0.498 e. The van der Waals surface area contributed by atoms with Gasteiger partial charge in [0.25, 0.3) is 0 Å². The minimum atomic E-state index is -0.581. The Morgan fingerprint density at radius 1 is 1.28 bits per heavy atom. The first-order valence-electron chi connectivity index (χ1n) is 8.59. The van der Waals surface area contributed by atoms with E-state index in [9.17, 15) is 5.11 Å². The number of hydrogen-bond donors (Lipinski definition) is 2. The molecular formula is C21H32N2O2+2. The summed E-state index contributed by atoms with van der Waals surface area (Å²) in [6, 6.07) is 4.04. The van der Waals surface area contributed by atoms with Gasteiger partial charge in [0.05, 0.1) is 6.26 Å². The van der Waals surface area contributed by atoms with Crippen molar-refractivity contribution in [2.24, 2.45) is 0 Å². The first kappa shape index (κ1) is 22.5. The van der Waals surface area contributed by atoms with Crippen LogP contribution in [0.5, 0.6) is 0 Å². The average molecular weight is 344 g/mol. The molecule has 0 radical (unpaired) electrons. The van der Waals surface area contributed by atoms with Gasteiger partial charge in [-0.25, -0.2) is 4.57 Å². The van der Waals surface area contributed by atoms with E-state index in [0.29, 0.717) is 13.0 Å². The van der Waals surface area contributed by atoms with Crippen molar-refractivity contribution in [1.82, 2.24) is 0 Å². The highest BCUT2D eigenvalue weighted by molar-refractivity contribution is 5.67. The number of nitrogens with zero attached hydrogens (tertiary/aromatic N) is 1. The number of ether oxygens (including phenoxy) is 1. The molecule has 1 atom stereocenters. The maximum atomic E-state index is 9.99. The number of aromatic nitrogens is 1. The van der Waals surface area contributed by atoms with Gasteiger partial charge < -0.3 is 9.84 Å². The van der Waals surface area contributed by atoms with Crippen molar-refractivity contribution in [2.75, 3.05) is 6.61 Å². The Balaban J connectivity index is 0.00000277. The number of pyridine rings is 1. The zero-order valence-corrected chi connectivity index (χ0v) is 15.5. The highest BCUT2D eigenvalue weighted by Gasteiger charge is 2.10. The molecule has 1 heterocycles. The van der Waals surface area contributed by atoms with E-state index in [1.54, 1.807) is 18.4 Å². The van der Waals surface area contributed by atoms with Crippen molar-refractivity contribution >= 4 is 6.21 Å². The van der Waals surface area contributed by atoms with Crippen molar-refractivity contribution in [2.45, 2.75) is 39.3 Å². The van der Waals surface area contributed by atoms with Crippen LogP contribution in [0.2, 0.25) is 0 Å². The Bertz CT molecular complexity index is 560. The van der Waals surface area contributed by atoms with Gasteiger partial charge in [-0.15, -0.1) is 13.2 Å². The molecule has 0 aliphatic carbocycles. The highest BCUT2D eigenvalue weighted by Crippen LogP contribution is 2.03. The fourth-order valence-corrected chi connectivity index (χ4v) is 1.99. The topological polar surface area (TPSA) is 58.9 Å². The van der Waals surface area contributed by atoms with Crippen molar-refractivity contribution in [3.63, 3.8) is 0 Å². The molecule has 3 N–H and O–H groups in total. The molecule has 4 heteroatoms. The maximum Gasteiger partial charge on any atom is 0.177 e. The summed E-state index contributed by atoms with van der Waals surface area (Å²) in [5.41, 5.74) is 2.19. The summed E-state index contributed by atoms with van der Waals surface area (Å²) in [7, 11) is 0. The summed E-state index contributed by atoms with van der Waals surface area (Å²) in [6.07, 6.45) is 15.2. The van der Waals surface area contributed by atoms with E-state index in [0.717, 1.165) is 12.0 Å². The fraction of sp³-hybridized carbons (Fsp3) is 0.333. The number of allylic oxidation sites excluding steroid dienone is 5. The lowest BCUT2D eigenvalue weighted by Crippen LogP contribution is -2.40. The molecule has 136 valence electrons.